The monoisotopic (exact) mass is 353 g/mol. The van der Waals surface area contributed by atoms with Gasteiger partial charge in [0.15, 0.2) is 4.77 Å². The fourth-order valence-electron chi connectivity index (χ4n) is 3.57. The smallest absolute Gasteiger partial charge is 0.181 e. The second-order valence-corrected chi connectivity index (χ2v) is 6.74. The molecule has 130 valence electrons. The average Bonchev–Trinajstić information content (AvgIpc) is 2.94. The number of anilines is 1. The van der Waals surface area contributed by atoms with Crippen LogP contribution in [0.1, 0.15) is 6.92 Å². The van der Waals surface area contributed by atoms with Gasteiger partial charge in [0.25, 0.3) is 0 Å². The van der Waals surface area contributed by atoms with Gasteiger partial charge in [-0.1, -0.05) is 18.2 Å². The van der Waals surface area contributed by atoms with Crippen LogP contribution < -0.4 is 4.90 Å². The van der Waals surface area contributed by atoms with Gasteiger partial charge < -0.3 is 14.0 Å². The predicted octanol–water partition coefficient (Wildman–Crippen LogP) is 3.37. The molecule has 1 fully saturated rings. The fraction of sp³-hybridized carbons (Fsp3) is 0.368. The minimum absolute atomic E-state index is 0.850. The highest BCUT2D eigenvalue weighted by Gasteiger charge is 2.19. The number of hydrogen-bond acceptors (Lipinski definition) is 4. The Morgan fingerprint density at radius 2 is 1.60 bits per heavy atom. The van der Waals surface area contributed by atoms with E-state index in [4.69, 9.17) is 12.2 Å². The number of pyridine rings is 1. The number of imidazole rings is 1. The van der Waals surface area contributed by atoms with Crippen molar-refractivity contribution in [3.8, 4) is 0 Å². The summed E-state index contributed by atoms with van der Waals surface area (Å²) < 4.78 is 5.40. The number of rotatable bonds is 4. The third kappa shape index (κ3) is 3.07. The van der Waals surface area contributed by atoms with Crippen molar-refractivity contribution in [3.05, 3.63) is 53.4 Å². The van der Waals surface area contributed by atoms with E-state index >= 15 is 0 Å². The first-order chi connectivity index (χ1) is 12.3. The molecule has 4 rings (SSSR count). The maximum atomic E-state index is 5.74. The predicted molar refractivity (Wildman–Crippen MR) is 104 cm³/mol. The molecule has 0 spiro atoms. The van der Waals surface area contributed by atoms with E-state index in [1.54, 1.807) is 0 Å². The number of nitrogens with zero attached hydrogens (tertiary/aromatic N) is 5. The normalized spacial score (nSPS) is 15.8. The van der Waals surface area contributed by atoms with Crippen molar-refractivity contribution in [1.29, 1.82) is 0 Å². The SMILES string of the molecule is CCn1c(=S)n(CN2CCN(c3ccccn3)CC2)c2ccccc21. The molecular weight excluding hydrogens is 330 g/mol. The molecule has 0 radical (unpaired) electrons. The third-order valence-electron chi connectivity index (χ3n) is 4.93. The molecule has 1 aliphatic rings. The van der Waals surface area contributed by atoms with E-state index in [0.29, 0.717) is 0 Å². The van der Waals surface area contributed by atoms with E-state index in [2.05, 4.69) is 61.2 Å². The molecule has 0 bridgehead atoms. The third-order valence-corrected chi connectivity index (χ3v) is 5.37. The number of para-hydroxylation sites is 2. The van der Waals surface area contributed by atoms with Gasteiger partial charge in [-0.15, -0.1) is 0 Å². The maximum Gasteiger partial charge on any atom is 0.181 e. The Bertz CT molecular complexity index is 906. The van der Waals surface area contributed by atoms with E-state index in [-0.39, 0.29) is 0 Å². The number of piperazine rings is 1. The minimum atomic E-state index is 0.850. The molecule has 1 aliphatic heterocycles. The van der Waals surface area contributed by atoms with Crippen LogP contribution in [-0.4, -0.2) is 45.2 Å². The largest absolute Gasteiger partial charge is 0.354 e. The molecule has 2 aromatic heterocycles. The molecule has 5 nitrogen and oxygen atoms in total. The van der Waals surface area contributed by atoms with E-state index < -0.39 is 0 Å². The molecule has 3 heterocycles. The number of benzene rings is 1. The molecule has 0 unspecified atom stereocenters. The first-order valence-corrected chi connectivity index (χ1v) is 9.25. The van der Waals surface area contributed by atoms with Crippen LogP contribution in [0.3, 0.4) is 0 Å². The van der Waals surface area contributed by atoms with Gasteiger partial charge >= 0.3 is 0 Å². The van der Waals surface area contributed by atoms with Crippen molar-refractivity contribution in [2.75, 3.05) is 31.1 Å². The van der Waals surface area contributed by atoms with E-state index in [1.807, 2.05) is 18.3 Å². The topological polar surface area (TPSA) is 29.2 Å². The Kier molecular flexibility index (Phi) is 4.55. The molecule has 0 saturated carbocycles. The molecule has 6 heteroatoms. The molecule has 1 aromatic carbocycles. The van der Waals surface area contributed by atoms with Crippen molar-refractivity contribution in [2.45, 2.75) is 20.1 Å². The number of fused-ring (bicyclic) bond motifs is 1. The molecule has 1 saturated heterocycles. The summed E-state index contributed by atoms with van der Waals surface area (Å²) in [6.45, 7) is 7.93. The van der Waals surface area contributed by atoms with Gasteiger partial charge in [-0.05, 0) is 43.4 Å². The lowest BCUT2D eigenvalue weighted by molar-refractivity contribution is 0.207. The van der Waals surface area contributed by atoms with Crippen LogP contribution >= 0.6 is 12.2 Å². The van der Waals surface area contributed by atoms with Crippen LogP contribution in [0.15, 0.2) is 48.7 Å². The molecule has 0 amide bonds. The molecule has 0 N–H and O–H groups in total. The number of hydrogen-bond donors (Lipinski definition) is 0. The highest BCUT2D eigenvalue weighted by molar-refractivity contribution is 7.71. The van der Waals surface area contributed by atoms with E-state index in [9.17, 15) is 0 Å². The van der Waals surface area contributed by atoms with Crippen LogP contribution in [0.2, 0.25) is 0 Å². The molecule has 3 aromatic rings. The van der Waals surface area contributed by atoms with Gasteiger partial charge in [0.05, 0.1) is 17.7 Å². The second kappa shape index (κ2) is 6.98. The number of aryl methyl sites for hydroxylation is 1. The summed E-state index contributed by atoms with van der Waals surface area (Å²) in [4.78, 5) is 9.29. The summed E-state index contributed by atoms with van der Waals surface area (Å²) in [5.74, 6) is 1.07. The highest BCUT2D eigenvalue weighted by Crippen LogP contribution is 2.19. The lowest BCUT2D eigenvalue weighted by atomic mass is 10.3. The Morgan fingerprint density at radius 1 is 0.920 bits per heavy atom. The maximum absolute atomic E-state index is 5.74. The van der Waals surface area contributed by atoms with Gasteiger partial charge in [-0.3, -0.25) is 4.90 Å². The lowest BCUT2D eigenvalue weighted by Gasteiger charge is -2.35. The van der Waals surface area contributed by atoms with Crippen molar-refractivity contribution in [1.82, 2.24) is 19.0 Å². The van der Waals surface area contributed by atoms with Gasteiger partial charge in [0, 0.05) is 38.9 Å². The molecule has 25 heavy (non-hydrogen) atoms. The van der Waals surface area contributed by atoms with Crippen LogP contribution in [-0.2, 0) is 13.2 Å². The Morgan fingerprint density at radius 3 is 2.24 bits per heavy atom. The second-order valence-electron chi connectivity index (χ2n) is 6.38. The Labute approximate surface area is 153 Å². The standard InChI is InChI=1S/C19H23N5S/c1-2-23-16-7-3-4-8-17(16)24(19(23)25)15-21-11-13-22(14-12-21)18-9-5-6-10-20-18/h3-10H,2,11-15H2,1H3. The van der Waals surface area contributed by atoms with Crippen molar-refractivity contribution in [2.24, 2.45) is 0 Å². The minimum Gasteiger partial charge on any atom is -0.354 e. The zero-order chi connectivity index (χ0) is 17.2. The summed E-state index contributed by atoms with van der Waals surface area (Å²) in [5.41, 5.74) is 2.45. The van der Waals surface area contributed by atoms with E-state index in [1.165, 1.54) is 11.0 Å². The molecular formula is C19H23N5S. The fourth-order valence-corrected chi connectivity index (χ4v) is 3.96. The van der Waals surface area contributed by atoms with Gasteiger partial charge in [-0.25, -0.2) is 4.98 Å². The highest BCUT2D eigenvalue weighted by atomic mass is 32.1. The van der Waals surface area contributed by atoms with Crippen LogP contribution in [0.4, 0.5) is 5.82 Å². The first kappa shape index (κ1) is 16.3. The van der Waals surface area contributed by atoms with E-state index in [0.717, 1.165) is 50.0 Å². The quantitative estimate of drug-likeness (QED) is 0.673. The molecule has 0 atom stereocenters. The van der Waals surface area contributed by atoms with Crippen molar-refractivity contribution in [3.63, 3.8) is 0 Å². The van der Waals surface area contributed by atoms with Crippen LogP contribution in [0.5, 0.6) is 0 Å². The number of aromatic nitrogens is 3. The zero-order valence-electron chi connectivity index (χ0n) is 14.5. The summed E-state index contributed by atoms with van der Waals surface area (Å²) in [6, 6.07) is 14.6. The van der Waals surface area contributed by atoms with Crippen LogP contribution in [0, 0.1) is 4.77 Å². The summed E-state index contributed by atoms with van der Waals surface area (Å²) >= 11 is 5.74. The summed E-state index contributed by atoms with van der Waals surface area (Å²) in [5, 5.41) is 0. The van der Waals surface area contributed by atoms with Gasteiger partial charge in [0.1, 0.15) is 5.82 Å². The Balaban J connectivity index is 1.52. The molecule has 0 aliphatic carbocycles. The van der Waals surface area contributed by atoms with Crippen molar-refractivity contribution >= 4 is 29.1 Å². The van der Waals surface area contributed by atoms with Gasteiger partial charge in [0.2, 0.25) is 0 Å². The summed E-state index contributed by atoms with van der Waals surface area (Å²) in [6.07, 6.45) is 1.86. The average molecular weight is 353 g/mol. The first-order valence-electron chi connectivity index (χ1n) is 8.84. The lowest BCUT2D eigenvalue weighted by Crippen LogP contribution is -2.47. The zero-order valence-corrected chi connectivity index (χ0v) is 15.3. The van der Waals surface area contributed by atoms with Crippen LogP contribution in [0.25, 0.3) is 11.0 Å². The summed E-state index contributed by atoms with van der Waals surface area (Å²) in [7, 11) is 0. The van der Waals surface area contributed by atoms with Gasteiger partial charge in [-0.2, -0.15) is 0 Å². The van der Waals surface area contributed by atoms with Crippen molar-refractivity contribution < 1.29 is 0 Å². The Hall–Kier alpha value is -2.18.